The average Bonchev–Trinajstić information content (AvgIpc) is 2.84. The summed E-state index contributed by atoms with van der Waals surface area (Å²) in [4.78, 5) is 38.9. The van der Waals surface area contributed by atoms with Crippen molar-refractivity contribution in [2.24, 2.45) is 0 Å². The van der Waals surface area contributed by atoms with Gasteiger partial charge < -0.3 is 25.4 Å². The van der Waals surface area contributed by atoms with E-state index >= 15 is 0 Å². The molecule has 4 N–H and O–H groups in total. The number of ether oxygens (including phenoxy) is 2. The highest BCUT2D eigenvalue weighted by molar-refractivity contribution is 7.13. The van der Waals surface area contributed by atoms with E-state index in [4.69, 9.17) is 9.47 Å². The van der Waals surface area contributed by atoms with Crippen LogP contribution in [0.1, 0.15) is 37.8 Å². The molecule has 1 aromatic carbocycles. The molecule has 0 aliphatic carbocycles. The average molecular weight is 512 g/mol. The number of carbonyl (C=O) groups is 3. The van der Waals surface area contributed by atoms with Crippen molar-refractivity contribution in [3.63, 3.8) is 0 Å². The van der Waals surface area contributed by atoms with Gasteiger partial charge in [-0.2, -0.15) is 0 Å². The molecular formula is C24H42N5O5P. The minimum Gasteiger partial charge on any atom is -0.378 e. The zero-order valence-corrected chi connectivity index (χ0v) is 22.7. The topological polar surface area (TPSA) is 121 Å². The van der Waals surface area contributed by atoms with E-state index in [2.05, 4.69) is 30.4 Å². The number of rotatable bonds is 18. The Labute approximate surface area is 211 Å². The maximum atomic E-state index is 12.5. The molecule has 1 aromatic rings. The van der Waals surface area contributed by atoms with Gasteiger partial charge in [-0.15, -0.1) is 0 Å². The minimum atomic E-state index is -0.263. The molecule has 0 heterocycles. The first-order valence-corrected chi connectivity index (χ1v) is 12.7. The molecule has 1 unspecified atom stereocenters. The first-order valence-electron chi connectivity index (χ1n) is 12.1. The number of amides is 3. The van der Waals surface area contributed by atoms with Crippen LogP contribution in [0.4, 0.5) is 11.4 Å². The van der Waals surface area contributed by atoms with E-state index in [-0.39, 0.29) is 30.6 Å². The predicted octanol–water partition coefficient (Wildman–Crippen LogP) is 1.83. The highest BCUT2D eigenvalue weighted by Gasteiger charge is 2.15. The Kier molecular flexibility index (Phi) is 16.1. The van der Waals surface area contributed by atoms with Gasteiger partial charge in [0.25, 0.3) is 0 Å². The monoisotopic (exact) mass is 511 g/mol. The van der Waals surface area contributed by atoms with E-state index in [9.17, 15) is 14.4 Å². The summed E-state index contributed by atoms with van der Waals surface area (Å²) < 4.78 is 10.7. The third kappa shape index (κ3) is 13.0. The van der Waals surface area contributed by atoms with Crippen molar-refractivity contribution in [2.45, 2.75) is 40.5 Å². The molecule has 0 fully saturated rings. The number of benzene rings is 1. The largest absolute Gasteiger partial charge is 0.378 e. The van der Waals surface area contributed by atoms with Gasteiger partial charge in [0, 0.05) is 37.3 Å². The highest BCUT2D eigenvalue weighted by Crippen LogP contribution is 2.27. The van der Waals surface area contributed by atoms with Crippen LogP contribution < -0.4 is 21.0 Å². The van der Waals surface area contributed by atoms with Crippen LogP contribution in [-0.2, 0) is 23.9 Å². The van der Waals surface area contributed by atoms with E-state index in [0.29, 0.717) is 50.9 Å². The van der Waals surface area contributed by atoms with E-state index in [0.717, 1.165) is 30.8 Å². The van der Waals surface area contributed by atoms with Crippen LogP contribution in [0, 0.1) is 13.8 Å². The summed E-state index contributed by atoms with van der Waals surface area (Å²) in [7, 11) is 2.41. The Morgan fingerprint density at radius 1 is 0.857 bits per heavy atom. The maximum Gasteiger partial charge on any atom is 0.238 e. The molecule has 11 heteroatoms. The van der Waals surface area contributed by atoms with Gasteiger partial charge in [0.2, 0.25) is 17.7 Å². The quantitative estimate of drug-likeness (QED) is 0.175. The lowest BCUT2D eigenvalue weighted by Gasteiger charge is -2.20. The van der Waals surface area contributed by atoms with Crippen molar-refractivity contribution >= 4 is 38.5 Å². The Balaban J connectivity index is 2.40. The molecule has 10 nitrogen and oxygen atoms in total. The molecule has 0 saturated heterocycles. The summed E-state index contributed by atoms with van der Waals surface area (Å²) in [6.45, 7) is 12.8. The van der Waals surface area contributed by atoms with Gasteiger partial charge >= 0.3 is 0 Å². The third-order valence-corrected chi connectivity index (χ3v) is 5.67. The molecule has 35 heavy (non-hydrogen) atoms. The molecule has 1 rings (SSSR count). The molecule has 0 spiro atoms. The number of anilines is 2. The normalized spacial score (nSPS) is 10.9. The van der Waals surface area contributed by atoms with Crippen LogP contribution in [0.3, 0.4) is 0 Å². The predicted molar refractivity (Wildman–Crippen MR) is 143 cm³/mol. The molecule has 0 radical (unpaired) electrons. The van der Waals surface area contributed by atoms with Crippen molar-refractivity contribution in [3.05, 3.63) is 23.3 Å². The number of nitrogens with zero attached hydrogens (tertiary/aromatic N) is 1. The fourth-order valence-electron chi connectivity index (χ4n) is 3.25. The molecule has 3 amide bonds. The van der Waals surface area contributed by atoms with Crippen LogP contribution in [0.2, 0.25) is 0 Å². The van der Waals surface area contributed by atoms with E-state index in [1.165, 1.54) is 0 Å². The van der Waals surface area contributed by atoms with Crippen molar-refractivity contribution < 1.29 is 23.9 Å². The zero-order chi connectivity index (χ0) is 26.1. The molecule has 0 saturated carbocycles. The van der Waals surface area contributed by atoms with Crippen molar-refractivity contribution in [1.82, 2.24) is 15.3 Å². The smallest absolute Gasteiger partial charge is 0.238 e. The first kappa shape index (κ1) is 30.9. The van der Waals surface area contributed by atoms with Gasteiger partial charge in [-0.05, 0) is 44.1 Å². The fourth-order valence-corrected chi connectivity index (χ4v) is 3.37. The second-order valence-corrected chi connectivity index (χ2v) is 8.42. The highest BCUT2D eigenvalue weighted by atomic mass is 31.0. The minimum absolute atomic E-state index is 0.0568. The second kappa shape index (κ2) is 18.2. The zero-order valence-electron chi connectivity index (χ0n) is 21.5. The lowest BCUT2D eigenvalue weighted by molar-refractivity contribution is -0.124. The number of likely N-dealkylation sites (N-methyl/N-ethyl adjacent to an activating group) is 1. The van der Waals surface area contributed by atoms with Gasteiger partial charge in [0.1, 0.15) is 0 Å². The van der Waals surface area contributed by atoms with Gasteiger partial charge in [0.15, 0.2) is 0 Å². The summed E-state index contributed by atoms with van der Waals surface area (Å²) >= 11 is 0. The van der Waals surface area contributed by atoms with Crippen LogP contribution in [-0.4, -0.2) is 81.8 Å². The number of hydrogen-bond donors (Lipinski definition) is 4. The Bertz CT molecular complexity index is 805. The van der Waals surface area contributed by atoms with Gasteiger partial charge in [-0.25, -0.2) is 0 Å². The molecule has 198 valence electrons. The van der Waals surface area contributed by atoms with E-state index in [1.54, 1.807) is 0 Å². The number of nitrogens with one attached hydrogen (secondary N) is 4. The summed E-state index contributed by atoms with van der Waals surface area (Å²) in [5.74, 6) is -0.568. The molecule has 1 atom stereocenters. The Morgan fingerprint density at radius 2 is 1.49 bits per heavy atom. The van der Waals surface area contributed by atoms with E-state index in [1.807, 2.05) is 44.7 Å². The van der Waals surface area contributed by atoms with Crippen LogP contribution in [0.25, 0.3) is 0 Å². The van der Waals surface area contributed by atoms with Gasteiger partial charge in [0.05, 0.1) is 33.0 Å². The van der Waals surface area contributed by atoms with E-state index < -0.39 is 0 Å². The number of aryl methyl sites for hydroxylation is 1. The second-order valence-electron chi connectivity index (χ2n) is 8.02. The Morgan fingerprint density at radius 3 is 2.11 bits per heavy atom. The van der Waals surface area contributed by atoms with Crippen molar-refractivity contribution in [3.8, 4) is 0 Å². The molecule has 0 aliphatic heterocycles. The Hall–Kier alpha value is -2.10. The summed E-state index contributed by atoms with van der Waals surface area (Å²) in [5, 5.41) is 11.5. The lowest BCUT2D eigenvalue weighted by Crippen LogP contribution is -2.33. The summed E-state index contributed by atoms with van der Waals surface area (Å²) in [6.07, 6.45) is 0.136. The maximum absolute atomic E-state index is 12.5. The summed E-state index contributed by atoms with van der Waals surface area (Å²) in [6, 6.07) is 3.66. The lowest BCUT2D eigenvalue weighted by atomic mass is 10.1. The summed E-state index contributed by atoms with van der Waals surface area (Å²) in [5.41, 5.74) is 3.01. The van der Waals surface area contributed by atoms with Crippen molar-refractivity contribution in [1.29, 1.82) is 0 Å². The molecule has 0 bridgehead atoms. The molecule has 0 aliphatic rings. The van der Waals surface area contributed by atoms with Crippen LogP contribution >= 0.6 is 9.39 Å². The van der Waals surface area contributed by atoms with Gasteiger partial charge in [-0.1, -0.05) is 29.3 Å². The van der Waals surface area contributed by atoms with Crippen LogP contribution in [0.15, 0.2) is 12.1 Å². The SMILES string of the molecule is CCN(CC)CC(=O)Nc1c(C)ccc(NC(=O)CCC(=O)NCCOCCOCCNP)c1C. The first-order chi connectivity index (χ1) is 16.8. The van der Waals surface area contributed by atoms with Crippen LogP contribution in [0.5, 0.6) is 0 Å². The molecule has 0 aromatic heterocycles. The standard InChI is InChI=1S/C24H42N5O5P/c1-5-29(6-2)17-23(32)28-24-18(3)7-8-20(19(24)4)27-22(31)10-9-21(30)25-11-13-33-15-16-34-14-12-26-35/h7-8,26H,5-6,9-17,35H2,1-4H3,(H,25,30)(H,27,31)(H,28,32). The number of carbonyl (C=O) groups excluding carboxylic acids is 3. The number of hydrogen-bond acceptors (Lipinski definition) is 7. The molecular weight excluding hydrogens is 469 g/mol. The van der Waals surface area contributed by atoms with Crippen molar-refractivity contribution in [2.75, 3.05) is 69.8 Å². The third-order valence-electron chi connectivity index (χ3n) is 5.38. The fraction of sp³-hybridized carbons (Fsp3) is 0.625. The van der Waals surface area contributed by atoms with Gasteiger partial charge in [-0.3, -0.25) is 24.4 Å².